The predicted octanol–water partition coefficient (Wildman–Crippen LogP) is 4.03. The minimum atomic E-state index is -0.292. The lowest BCUT2D eigenvalue weighted by atomic mass is 10.1. The quantitative estimate of drug-likeness (QED) is 0.398. The summed E-state index contributed by atoms with van der Waals surface area (Å²) in [7, 11) is 3.53. The minimum Gasteiger partial charge on any atom is -0.496 e. The fraction of sp³-hybridized carbons (Fsp3) is 0.455. The first-order valence-electron chi connectivity index (χ1n) is 10.1. The lowest BCUT2D eigenvalue weighted by Gasteiger charge is -2.23. The maximum atomic E-state index is 12.8. The first-order valence-corrected chi connectivity index (χ1v) is 11.8. The highest BCUT2D eigenvalue weighted by Crippen LogP contribution is 2.26. The summed E-state index contributed by atoms with van der Waals surface area (Å²) < 4.78 is 6.46. The SMILES string of the molecule is CCN(CC)CCN(C)C(N)=NC(=O)c1ccsc1CCc1cc(Br)ccc1OC. The summed E-state index contributed by atoms with van der Waals surface area (Å²) in [6.45, 7) is 7.84. The number of aryl methyl sites for hydroxylation is 2. The zero-order valence-electron chi connectivity index (χ0n) is 18.2. The van der Waals surface area contributed by atoms with Crippen LogP contribution in [0.15, 0.2) is 39.1 Å². The second-order valence-electron chi connectivity index (χ2n) is 6.94. The smallest absolute Gasteiger partial charge is 0.281 e. The van der Waals surface area contributed by atoms with Crippen molar-refractivity contribution in [2.45, 2.75) is 26.7 Å². The molecular weight excluding hydrogens is 464 g/mol. The molecule has 2 N–H and O–H groups in total. The van der Waals surface area contributed by atoms with E-state index >= 15 is 0 Å². The molecule has 1 aromatic heterocycles. The Balaban J connectivity index is 2.04. The number of ether oxygens (including phenoxy) is 1. The number of carbonyl (C=O) groups is 1. The van der Waals surface area contributed by atoms with Gasteiger partial charge in [0.15, 0.2) is 5.96 Å². The first-order chi connectivity index (χ1) is 14.4. The van der Waals surface area contributed by atoms with Crippen molar-refractivity contribution in [1.29, 1.82) is 0 Å². The predicted molar refractivity (Wildman–Crippen MR) is 129 cm³/mol. The van der Waals surface area contributed by atoms with Crippen LogP contribution in [-0.4, -0.2) is 62.0 Å². The van der Waals surface area contributed by atoms with Crippen LogP contribution in [0.5, 0.6) is 5.75 Å². The fourth-order valence-corrected chi connectivity index (χ4v) is 4.39. The average Bonchev–Trinajstić information content (AvgIpc) is 3.21. The van der Waals surface area contributed by atoms with E-state index in [1.165, 1.54) is 0 Å². The molecule has 6 nitrogen and oxygen atoms in total. The standard InChI is InChI=1S/C22H31BrN4O2S/c1-5-27(6-2)13-12-26(3)22(24)25-21(28)18-11-14-30-20(18)10-7-16-15-17(23)8-9-19(16)29-4/h8-9,11,14-15H,5-7,10,12-13H2,1-4H3,(H2,24,25,28). The highest BCUT2D eigenvalue weighted by Gasteiger charge is 2.15. The molecule has 8 heteroatoms. The number of methoxy groups -OCH3 is 1. The summed E-state index contributed by atoms with van der Waals surface area (Å²) in [6, 6.07) is 7.78. The normalized spacial score (nSPS) is 11.7. The molecule has 0 unspecified atom stereocenters. The van der Waals surface area contributed by atoms with Gasteiger partial charge < -0.3 is 20.3 Å². The topological polar surface area (TPSA) is 71.2 Å². The molecule has 164 valence electrons. The van der Waals surface area contributed by atoms with Gasteiger partial charge in [-0.1, -0.05) is 29.8 Å². The van der Waals surface area contributed by atoms with Gasteiger partial charge in [-0.15, -0.1) is 11.3 Å². The second kappa shape index (κ2) is 12.1. The Morgan fingerprint density at radius 3 is 2.60 bits per heavy atom. The Hall–Kier alpha value is -1.90. The summed E-state index contributed by atoms with van der Waals surface area (Å²) in [5, 5.41) is 1.93. The third-order valence-corrected chi connectivity index (χ3v) is 6.57. The van der Waals surface area contributed by atoms with Crippen molar-refractivity contribution in [3.63, 3.8) is 0 Å². The second-order valence-corrected chi connectivity index (χ2v) is 8.85. The van der Waals surface area contributed by atoms with Gasteiger partial charge in [0.05, 0.1) is 12.7 Å². The van der Waals surface area contributed by atoms with Gasteiger partial charge in [0, 0.05) is 29.5 Å². The summed E-state index contributed by atoms with van der Waals surface area (Å²) in [5.74, 6) is 0.803. The van der Waals surface area contributed by atoms with Crippen molar-refractivity contribution in [1.82, 2.24) is 9.80 Å². The maximum absolute atomic E-state index is 12.8. The van der Waals surface area contributed by atoms with Crippen LogP contribution >= 0.6 is 27.3 Å². The Labute approximate surface area is 191 Å². The molecule has 0 aliphatic heterocycles. The van der Waals surface area contributed by atoms with Crippen molar-refractivity contribution < 1.29 is 9.53 Å². The van der Waals surface area contributed by atoms with E-state index in [2.05, 4.69) is 45.7 Å². The number of benzene rings is 1. The fourth-order valence-electron chi connectivity index (χ4n) is 3.11. The van der Waals surface area contributed by atoms with Crippen molar-refractivity contribution >= 4 is 39.1 Å². The maximum Gasteiger partial charge on any atom is 0.281 e. The lowest BCUT2D eigenvalue weighted by molar-refractivity contribution is 0.100. The third kappa shape index (κ3) is 6.82. The molecule has 30 heavy (non-hydrogen) atoms. The number of carbonyl (C=O) groups excluding carboxylic acids is 1. The Bertz CT molecular complexity index is 865. The van der Waals surface area contributed by atoms with Crippen molar-refractivity contribution in [3.8, 4) is 5.75 Å². The minimum absolute atomic E-state index is 0.248. The number of nitrogens with zero attached hydrogens (tertiary/aromatic N) is 3. The van der Waals surface area contributed by atoms with Crippen molar-refractivity contribution in [2.75, 3.05) is 40.3 Å². The Kier molecular flexibility index (Phi) is 9.81. The van der Waals surface area contributed by atoms with E-state index in [1.54, 1.807) is 18.4 Å². The highest BCUT2D eigenvalue weighted by atomic mass is 79.9. The Morgan fingerprint density at radius 2 is 1.93 bits per heavy atom. The molecule has 0 saturated carbocycles. The van der Waals surface area contributed by atoms with Gasteiger partial charge in [0.25, 0.3) is 5.91 Å². The van der Waals surface area contributed by atoms with E-state index in [0.29, 0.717) is 5.56 Å². The number of aliphatic imine (C=N–C) groups is 1. The van der Waals surface area contributed by atoms with E-state index in [4.69, 9.17) is 10.5 Å². The number of guanidine groups is 1. The number of likely N-dealkylation sites (N-methyl/N-ethyl adjacent to an activating group) is 2. The van der Waals surface area contributed by atoms with Crippen molar-refractivity contribution in [3.05, 3.63) is 50.1 Å². The van der Waals surface area contributed by atoms with Crippen LogP contribution in [0, 0.1) is 0 Å². The number of amides is 1. The molecule has 0 aliphatic carbocycles. The molecule has 1 heterocycles. The summed E-state index contributed by atoms with van der Waals surface area (Å²) >= 11 is 5.07. The van der Waals surface area contributed by atoms with Crippen molar-refractivity contribution in [2.24, 2.45) is 10.7 Å². The molecule has 1 aromatic carbocycles. The van der Waals surface area contributed by atoms with E-state index in [1.807, 2.05) is 35.5 Å². The molecule has 0 aliphatic rings. The van der Waals surface area contributed by atoms with Crippen LogP contribution in [0.3, 0.4) is 0 Å². The number of rotatable bonds is 10. The first kappa shape index (κ1) is 24.4. The van der Waals surface area contributed by atoms with E-state index in [0.717, 1.165) is 59.7 Å². The van der Waals surface area contributed by atoms with Crippen LogP contribution in [-0.2, 0) is 12.8 Å². The molecule has 0 radical (unpaired) electrons. The summed E-state index contributed by atoms with van der Waals surface area (Å²) in [4.78, 5) is 22.0. The molecule has 2 aromatic rings. The largest absolute Gasteiger partial charge is 0.496 e. The number of nitrogens with two attached hydrogens (primary N) is 1. The van der Waals surface area contributed by atoms with Gasteiger partial charge in [-0.05, 0) is 61.1 Å². The third-order valence-electron chi connectivity index (χ3n) is 5.09. The van der Waals surface area contributed by atoms with E-state index in [9.17, 15) is 4.79 Å². The molecule has 0 spiro atoms. The summed E-state index contributed by atoms with van der Waals surface area (Å²) in [5.41, 5.74) is 7.80. The zero-order chi connectivity index (χ0) is 22.1. The van der Waals surface area contributed by atoms with Crippen LogP contribution in [0.1, 0.15) is 34.6 Å². The number of hydrogen-bond acceptors (Lipinski definition) is 4. The average molecular weight is 495 g/mol. The lowest BCUT2D eigenvalue weighted by Crippen LogP contribution is -2.40. The van der Waals surface area contributed by atoms with Crippen LogP contribution in [0.4, 0.5) is 0 Å². The van der Waals surface area contributed by atoms with E-state index < -0.39 is 0 Å². The molecule has 0 fully saturated rings. The van der Waals surface area contributed by atoms with Gasteiger partial charge in [0.1, 0.15) is 5.75 Å². The molecule has 2 rings (SSSR count). The zero-order valence-corrected chi connectivity index (χ0v) is 20.6. The van der Waals surface area contributed by atoms with Gasteiger partial charge in [-0.25, -0.2) is 0 Å². The molecule has 0 bridgehead atoms. The Morgan fingerprint density at radius 1 is 1.20 bits per heavy atom. The van der Waals surface area contributed by atoms with Crippen LogP contribution in [0.2, 0.25) is 0 Å². The molecule has 0 saturated heterocycles. The molecule has 1 amide bonds. The monoisotopic (exact) mass is 494 g/mol. The van der Waals surface area contributed by atoms with Gasteiger partial charge in [0.2, 0.25) is 0 Å². The van der Waals surface area contributed by atoms with Gasteiger partial charge in [-0.2, -0.15) is 4.99 Å². The number of hydrogen-bond donors (Lipinski definition) is 1. The van der Waals surface area contributed by atoms with Gasteiger partial charge >= 0.3 is 0 Å². The number of thiophene rings is 1. The van der Waals surface area contributed by atoms with Gasteiger partial charge in [-0.3, -0.25) is 4.79 Å². The molecular formula is C22H31BrN4O2S. The molecule has 0 atom stereocenters. The van der Waals surface area contributed by atoms with E-state index in [-0.39, 0.29) is 11.9 Å². The van der Waals surface area contributed by atoms with Crippen LogP contribution < -0.4 is 10.5 Å². The number of halogens is 1. The summed E-state index contributed by atoms with van der Waals surface area (Å²) in [6.07, 6.45) is 1.51. The van der Waals surface area contributed by atoms with Crippen LogP contribution in [0.25, 0.3) is 0 Å². The highest BCUT2D eigenvalue weighted by molar-refractivity contribution is 9.10.